The Morgan fingerprint density at radius 3 is 2.69 bits per heavy atom. The fourth-order valence-corrected chi connectivity index (χ4v) is 4.90. The van der Waals surface area contributed by atoms with Gasteiger partial charge in [-0.2, -0.15) is 4.31 Å². The molecule has 2 aromatic carbocycles. The molecule has 0 bridgehead atoms. The summed E-state index contributed by atoms with van der Waals surface area (Å²) in [4.78, 5) is -0.0370. The zero-order chi connectivity index (χ0) is 18.6. The Labute approximate surface area is 153 Å². The summed E-state index contributed by atoms with van der Waals surface area (Å²) >= 11 is 0. The minimum absolute atomic E-state index is 0.0370. The van der Waals surface area contributed by atoms with Crippen molar-refractivity contribution in [2.24, 2.45) is 0 Å². The van der Waals surface area contributed by atoms with E-state index < -0.39 is 15.8 Å². The van der Waals surface area contributed by atoms with Gasteiger partial charge in [-0.15, -0.1) is 0 Å². The molecule has 1 aliphatic rings. The molecule has 0 aromatic heterocycles. The van der Waals surface area contributed by atoms with Crippen LogP contribution in [0.3, 0.4) is 0 Å². The molecule has 5 nitrogen and oxygen atoms in total. The number of halogens is 1. The molecule has 1 N–H and O–H groups in total. The molecule has 1 fully saturated rings. The van der Waals surface area contributed by atoms with Crippen LogP contribution in [0.15, 0.2) is 53.4 Å². The fraction of sp³-hybridized carbons (Fsp3) is 0.368. The van der Waals surface area contributed by atoms with Gasteiger partial charge in [0.1, 0.15) is 6.61 Å². The van der Waals surface area contributed by atoms with Crippen LogP contribution in [-0.2, 0) is 16.6 Å². The molecule has 1 aliphatic heterocycles. The van der Waals surface area contributed by atoms with Gasteiger partial charge in [0.2, 0.25) is 10.0 Å². The highest BCUT2D eigenvalue weighted by Gasteiger charge is 2.35. The van der Waals surface area contributed by atoms with Crippen molar-refractivity contribution in [3.05, 3.63) is 59.9 Å². The molecule has 7 heteroatoms. The number of nitrogens with one attached hydrogen (secondary N) is 1. The first-order valence-electron chi connectivity index (χ1n) is 8.65. The largest absolute Gasteiger partial charge is 0.486 e. The van der Waals surface area contributed by atoms with E-state index in [1.807, 2.05) is 30.3 Å². The van der Waals surface area contributed by atoms with Gasteiger partial charge in [-0.25, -0.2) is 12.8 Å². The lowest BCUT2D eigenvalue weighted by Gasteiger charge is -2.24. The van der Waals surface area contributed by atoms with Gasteiger partial charge in [0.15, 0.2) is 11.6 Å². The average molecular weight is 378 g/mol. The molecular formula is C19H23FN2O3S. The zero-order valence-corrected chi connectivity index (χ0v) is 15.5. The Balaban J connectivity index is 1.76. The van der Waals surface area contributed by atoms with Crippen LogP contribution >= 0.6 is 0 Å². The summed E-state index contributed by atoms with van der Waals surface area (Å²) in [5.74, 6) is -0.632. The SMILES string of the molecule is CNCC1CCCN1S(=O)(=O)c1ccc(OCc2ccccc2)c(F)c1. The van der Waals surface area contributed by atoms with E-state index in [2.05, 4.69) is 5.32 Å². The molecule has 3 rings (SSSR count). The normalized spacial score (nSPS) is 18.2. The highest BCUT2D eigenvalue weighted by Crippen LogP contribution is 2.28. The van der Waals surface area contributed by atoms with Crippen LogP contribution in [0.4, 0.5) is 4.39 Å². The topological polar surface area (TPSA) is 58.6 Å². The van der Waals surface area contributed by atoms with Crippen molar-refractivity contribution in [2.45, 2.75) is 30.4 Å². The van der Waals surface area contributed by atoms with Gasteiger partial charge >= 0.3 is 0 Å². The second kappa shape index (κ2) is 8.16. The van der Waals surface area contributed by atoms with E-state index in [1.54, 1.807) is 7.05 Å². The Morgan fingerprint density at radius 1 is 1.23 bits per heavy atom. The first-order chi connectivity index (χ1) is 12.5. The highest BCUT2D eigenvalue weighted by atomic mass is 32.2. The van der Waals surface area contributed by atoms with Crippen molar-refractivity contribution in [2.75, 3.05) is 20.1 Å². The predicted octanol–water partition coefficient (Wildman–Crippen LogP) is 2.78. The first-order valence-corrected chi connectivity index (χ1v) is 10.1. The third kappa shape index (κ3) is 4.06. The second-order valence-corrected chi connectivity index (χ2v) is 8.23. The molecule has 1 saturated heterocycles. The molecule has 26 heavy (non-hydrogen) atoms. The van der Waals surface area contributed by atoms with E-state index in [9.17, 15) is 12.8 Å². The number of likely N-dealkylation sites (N-methyl/N-ethyl adjacent to an activating group) is 1. The van der Waals surface area contributed by atoms with Crippen LogP contribution in [0.25, 0.3) is 0 Å². The van der Waals surface area contributed by atoms with Crippen LogP contribution in [0.1, 0.15) is 18.4 Å². The van der Waals surface area contributed by atoms with Gasteiger partial charge in [-0.05, 0) is 43.7 Å². The summed E-state index contributed by atoms with van der Waals surface area (Å²) in [7, 11) is -1.93. The van der Waals surface area contributed by atoms with E-state index in [-0.39, 0.29) is 23.3 Å². The minimum Gasteiger partial charge on any atom is -0.486 e. The number of sulfonamides is 1. The summed E-state index contributed by atoms with van der Waals surface area (Å²) in [6.45, 7) is 1.27. The molecule has 0 radical (unpaired) electrons. The van der Waals surface area contributed by atoms with E-state index in [0.29, 0.717) is 13.1 Å². The quantitative estimate of drug-likeness (QED) is 0.805. The zero-order valence-electron chi connectivity index (χ0n) is 14.7. The third-order valence-electron chi connectivity index (χ3n) is 4.51. The van der Waals surface area contributed by atoms with Crippen molar-refractivity contribution in [3.63, 3.8) is 0 Å². The Hall–Kier alpha value is -1.96. The highest BCUT2D eigenvalue weighted by molar-refractivity contribution is 7.89. The van der Waals surface area contributed by atoms with Gasteiger partial charge in [-0.1, -0.05) is 30.3 Å². The van der Waals surface area contributed by atoms with Crippen LogP contribution in [0.2, 0.25) is 0 Å². The molecular weight excluding hydrogens is 355 g/mol. The van der Waals surface area contributed by atoms with E-state index in [0.717, 1.165) is 24.5 Å². The molecule has 140 valence electrons. The smallest absolute Gasteiger partial charge is 0.243 e. The van der Waals surface area contributed by atoms with Crippen LogP contribution in [-0.4, -0.2) is 38.9 Å². The van der Waals surface area contributed by atoms with Gasteiger partial charge in [0.25, 0.3) is 0 Å². The van der Waals surface area contributed by atoms with Gasteiger partial charge in [0, 0.05) is 19.1 Å². The fourth-order valence-electron chi connectivity index (χ4n) is 3.20. The number of benzene rings is 2. The molecule has 1 unspecified atom stereocenters. The molecule has 2 aromatic rings. The predicted molar refractivity (Wildman–Crippen MR) is 98.0 cm³/mol. The monoisotopic (exact) mass is 378 g/mol. The molecule has 0 saturated carbocycles. The van der Waals surface area contributed by atoms with E-state index in [1.165, 1.54) is 16.4 Å². The Morgan fingerprint density at radius 2 is 2.00 bits per heavy atom. The Bertz CT molecular complexity index is 843. The maximum Gasteiger partial charge on any atom is 0.243 e. The minimum atomic E-state index is -3.72. The van der Waals surface area contributed by atoms with Crippen LogP contribution in [0.5, 0.6) is 5.75 Å². The lowest BCUT2D eigenvalue weighted by Crippen LogP contribution is -2.40. The maximum atomic E-state index is 14.4. The molecule has 1 heterocycles. The summed E-state index contributed by atoms with van der Waals surface area (Å²) in [5, 5.41) is 3.02. The van der Waals surface area contributed by atoms with Crippen LogP contribution < -0.4 is 10.1 Å². The number of hydrogen-bond acceptors (Lipinski definition) is 4. The van der Waals surface area contributed by atoms with E-state index >= 15 is 0 Å². The lowest BCUT2D eigenvalue weighted by atomic mass is 10.2. The first kappa shape index (κ1) is 18.8. The van der Waals surface area contributed by atoms with Crippen molar-refractivity contribution in [3.8, 4) is 5.75 Å². The summed E-state index contributed by atoms with van der Waals surface area (Å²) in [5.41, 5.74) is 0.913. The lowest BCUT2D eigenvalue weighted by molar-refractivity contribution is 0.289. The molecule has 0 aliphatic carbocycles. The standard InChI is InChI=1S/C19H23FN2O3S/c1-21-13-16-8-5-11-22(16)26(23,24)17-9-10-19(18(20)12-17)25-14-15-6-3-2-4-7-15/h2-4,6-7,9-10,12,16,21H,5,8,11,13-14H2,1H3. The van der Waals surface area contributed by atoms with Gasteiger partial charge in [-0.3, -0.25) is 0 Å². The van der Waals surface area contributed by atoms with Gasteiger partial charge in [0.05, 0.1) is 4.90 Å². The number of nitrogens with zero attached hydrogens (tertiary/aromatic N) is 1. The average Bonchev–Trinajstić information content (AvgIpc) is 3.11. The number of rotatable bonds is 7. The van der Waals surface area contributed by atoms with Crippen molar-refractivity contribution < 1.29 is 17.5 Å². The third-order valence-corrected chi connectivity index (χ3v) is 6.46. The summed E-state index contributed by atoms with van der Waals surface area (Å²) in [6, 6.07) is 13.2. The molecule has 0 spiro atoms. The number of hydrogen-bond donors (Lipinski definition) is 1. The van der Waals surface area contributed by atoms with Crippen molar-refractivity contribution in [1.29, 1.82) is 0 Å². The second-order valence-electron chi connectivity index (χ2n) is 6.34. The summed E-state index contributed by atoms with van der Waals surface area (Å²) in [6.07, 6.45) is 1.62. The van der Waals surface area contributed by atoms with Crippen molar-refractivity contribution in [1.82, 2.24) is 9.62 Å². The maximum absolute atomic E-state index is 14.4. The molecule has 1 atom stereocenters. The molecule has 0 amide bonds. The summed E-state index contributed by atoms with van der Waals surface area (Å²) < 4.78 is 47.0. The van der Waals surface area contributed by atoms with E-state index in [4.69, 9.17) is 4.74 Å². The van der Waals surface area contributed by atoms with Gasteiger partial charge < -0.3 is 10.1 Å². The van der Waals surface area contributed by atoms with Crippen molar-refractivity contribution >= 4 is 10.0 Å². The van der Waals surface area contributed by atoms with Crippen LogP contribution in [0, 0.1) is 5.82 Å². The number of ether oxygens (including phenoxy) is 1. The Kier molecular flexibility index (Phi) is 5.90.